The SMILES string of the molecule is CC(C)OC(=O)C1=CN(C(=O)C23CCC[C@@H]4CC(C2)C4C3)CC(C)(C)c2c1[nH]c1ccccc21. The molecule has 6 rings (SSSR count). The molecular formula is C29H36N2O3. The number of hydrogen-bond acceptors (Lipinski definition) is 3. The monoisotopic (exact) mass is 460 g/mol. The maximum Gasteiger partial charge on any atom is 0.342 e. The van der Waals surface area contributed by atoms with Crippen molar-refractivity contribution in [3.05, 3.63) is 41.7 Å². The Labute approximate surface area is 201 Å². The number of rotatable bonds is 3. The van der Waals surface area contributed by atoms with Crippen LogP contribution in [0.1, 0.15) is 77.5 Å². The van der Waals surface area contributed by atoms with Crippen molar-refractivity contribution in [1.29, 1.82) is 0 Å². The van der Waals surface area contributed by atoms with E-state index in [4.69, 9.17) is 4.74 Å². The van der Waals surface area contributed by atoms with E-state index in [2.05, 4.69) is 24.9 Å². The molecule has 0 spiro atoms. The molecule has 180 valence electrons. The number of nitrogens with zero attached hydrogens (tertiary/aromatic N) is 1. The van der Waals surface area contributed by atoms with Gasteiger partial charge in [-0.1, -0.05) is 44.9 Å². The number of para-hydroxylation sites is 1. The Kier molecular flexibility index (Phi) is 4.82. The molecule has 1 amide bonds. The number of hydrogen-bond donors (Lipinski definition) is 1. The Morgan fingerprint density at radius 3 is 2.74 bits per heavy atom. The van der Waals surface area contributed by atoms with Crippen LogP contribution in [0.25, 0.3) is 16.5 Å². The average molecular weight is 461 g/mol. The van der Waals surface area contributed by atoms with Crippen molar-refractivity contribution in [2.75, 3.05) is 6.54 Å². The Morgan fingerprint density at radius 2 is 1.94 bits per heavy atom. The Bertz CT molecular complexity index is 1200. The molecule has 5 nitrogen and oxygen atoms in total. The van der Waals surface area contributed by atoms with E-state index >= 15 is 0 Å². The van der Waals surface area contributed by atoms with Crippen molar-refractivity contribution in [1.82, 2.24) is 9.88 Å². The molecule has 3 fully saturated rings. The number of nitrogens with one attached hydrogen (secondary N) is 1. The summed E-state index contributed by atoms with van der Waals surface area (Å²) in [6.45, 7) is 8.67. The molecule has 4 aliphatic rings. The van der Waals surface area contributed by atoms with Crippen molar-refractivity contribution in [2.24, 2.45) is 23.2 Å². The van der Waals surface area contributed by atoms with Crippen LogP contribution in [0.4, 0.5) is 0 Å². The van der Waals surface area contributed by atoms with E-state index in [1.54, 1.807) is 0 Å². The summed E-state index contributed by atoms with van der Waals surface area (Å²) in [6.07, 6.45) is 8.36. The Morgan fingerprint density at radius 1 is 1.15 bits per heavy atom. The van der Waals surface area contributed by atoms with Crippen molar-refractivity contribution in [2.45, 2.75) is 77.7 Å². The first kappa shape index (κ1) is 21.9. The number of H-pyrrole nitrogens is 1. The van der Waals surface area contributed by atoms with Crippen LogP contribution in [0, 0.1) is 23.2 Å². The molecule has 0 radical (unpaired) electrons. The van der Waals surface area contributed by atoms with Gasteiger partial charge in [0.1, 0.15) is 0 Å². The van der Waals surface area contributed by atoms with Gasteiger partial charge in [0.15, 0.2) is 0 Å². The third-order valence-corrected chi connectivity index (χ3v) is 9.11. The summed E-state index contributed by atoms with van der Waals surface area (Å²) >= 11 is 0. The first-order valence-corrected chi connectivity index (χ1v) is 13.0. The number of aromatic nitrogens is 1. The largest absolute Gasteiger partial charge is 0.459 e. The number of amides is 1. The van der Waals surface area contributed by atoms with Crippen LogP contribution in [0.5, 0.6) is 0 Å². The highest BCUT2D eigenvalue weighted by atomic mass is 16.5. The molecule has 4 atom stereocenters. The molecule has 1 aromatic carbocycles. The van der Waals surface area contributed by atoms with Gasteiger partial charge in [0, 0.05) is 29.1 Å². The lowest BCUT2D eigenvalue weighted by Gasteiger charge is -2.41. The topological polar surface area (TPSA) is 62.4 Å². The van der Waals surface area contributed by atoms with Crippen LogP contribution in [-0.4, -0.2) is 34.4 Å². The summed E-state index contributed by atoms with van der Waals surface area (Å²) in [5, 5.41) is 1.11. The van der Waals surface area contributed by atoms with Crippen LogP contribution in [0.2, 0.25) is 0 Å². The van der Waals surface area contributed by atoms with Crippen molar-refractivity contribution in [3.8, 4) is 0 Å². The third-order valence-electron chi connectivity index (χ3n) is 9.11. The van der Waals surface area contributed by atoms with E-state index < -0.39 is 0 Å². The molecule has 2 heterocycles. The number of aromatic amines is 1. The molecule has 2 bridgehead atoms. The quantitative estimate of drug-likeness (QED) is 0.589. The summed E-state index contributed by atoms with van der Waals surface area (Å²) in [7, 11) is 0. The predicted octanol–water partition coefficient (Wildman–Crippen LogP) is 5.80. The van der Waals surface area contributed by atoms with E-state index in [1.807, 2.05) is 43.1 Å². The van der Waals surface area contributed by atoms with Gasteiger partial charge in [-0.05, 0) is 68.9 Å². The maximum atomic E-state index is 14.3. The second-order valence-electron chi connectivity index (χ2n) is 12.2. The number of carbonyl (C=O) groups excluding carboxylic acids is 2. The summed E-state index contributed by atoms with van der Waals surface area (Å²) in [5.74, 6) is 2.14. The predicted molar refractivity (Wildman–Crippen MR) is 133 cm³/mol. The molecule has 3 unspecified atom stereocenters. The summed E-state index contributed by atoms with van der Waals surface area (Å²) < 4.78 is 5.68. The van der Waals surface area contributed by atoms with Gasteiger partial charge in [0.25, 0.3) is 0 Å². The number of benzene rings is 1. The maximum absolute atomic E-state index is 14.3. The van der Waals surface area contributed by atoms with E-state index in [-0.39, 0.29) is 28.8 Å². The smallest absolute Gasteiger partial charge is 0.342 e. The van der Waals surface area contributed by atoms with Crippen LogP contribution in [0.15, 0.2) is 30.5 Å². The fourth-order valence-electron chi connectivity index (χ4n) is 7.74. The van der Waals surface area contributed by atoms with Crippen LogP contribution >= 0.6 is 0 Å². The minimum atomic E-state index is -0.372. The lowest BCUT2D eigenvalue weighted by atomic mass is 9.64. The summed E-state index contributed by atoms with van der Waals surface area (Å²) in [6, 6.07) is 8.19. The van der Waals surface area contributed by atoms with Gasteiger partial charge in [0.05, 0.1) is 22.8 Å². The Hall–Kier alpha value is -2.56. The minimum Gasteiger partial charge on any atom is -0.459 e. The number of esters is 1. The Balaban J connectivity index is 1.46. The summed E-state index contributed by atoms with van der Waals surface area (Å²) in [5.41, 5.74) is 2.75. The number of carbonyl (C=O) groups is 2. The normalized spacial score (nSPS) is 31.4. The molecule has 1 aliphatic heterocycles. The van der Waals surface area contributed by atoms with Gasteiger partial charge in [-0.2, -0.15) is 0 Å². The zero-order chi connectivity index (χ0) is 23.8. The van der Waals surface area contributed by atoms with Crippen LogP contribution in [0.3, 0.4) is 0 Å². The fourth-order valence-corrected chi connectivity index (χ4v) is 7.74. The molecule has 3 saturated carbocycles. The van der Waals surface area contributed by atoms with Gasteiger partial charge in [0.2, 0.25) is 5.91 Å². The fraction of sp³-hybridized carbons (Fsp3) is 0.586. The molecular weight excluding hydrogens is 424 g/mol. The molecule has 34 heavy (non-hydrogen) atoms. The first-order valence-electron chi connectivity index (χ1n) is 13.0. The van der Waals surface area contributed by atoms with Gasteiger partial charge in [-0.3, -0.25) is 4.79 Å². The molecule has 5 heteroatoms. The van der Waals surface area contributed by atoms with Crippen molar-refractivity contribution < 1.29 is 14.3 Å². The molecule has 0 saturated heterocycles. The van der Waals surface area contributed by atoms with E-state index in [1.165, 1.54) is 12.8 Å². The third kappa shape index (κ3) is 3.19. The number of ether oxygens (including phenoxy) is 1. The van der Waals surface area contributed by atoms with Crippen molar-refractivity contribution >= 4 is 28.4 Å². The molecule has 2 aromatic rings. The average Bonchev–Trinajstić information content (AvgIpc) is 3.19. The highest BCUT2D eigenvalue weighted by Gasteiger charge is 2.59. The lowest BCUT2D eigenvalue weighted by molar-refractivity contribution is -0.140. The van der Waals surface area contributed by atoms with Gasteiger partial charge >= 0.3 is 5.97 Å². The second kappa shape index (κ2) is 7.47. The highest BCUT2D eigenvalue weighted by Crippen LogP contribution is 2.64. The standard InChI is InChI=1S/C29H36N2O3/c1-17(2)34-26(32)22-15-31(27(33)29-11-7-8-18-12-19(13-29)21(18)14-29)16-28(3,4)24-20-9-5-6-10-23(20)30-25(22)24/h5-6,9-10,15,17-19,21,30H,7-8,11-14,16H2,1-4H3/t18-,19?,21?,29?/m1/s1. The van der Waals surface area contributed by atoms with Crippen molar-refractivity contribution in [3.63, 3.8) is 0 Å². The molecule has 3 aliphatic carbocycles. The van der Waals surface area contributed by atoms with E-state index in [0.29, 0.717) is 12.1 Å². The molecule has 1 N–H and O–H groups in total. The summed E-state index contributed by atoms with van der Waals surface area (Å²) in [4.78, 5) is 33.1. The van der Waals surface area contributed by atoms with Crippen LogP contribution < -0.4 is 0 Å². The highest BCUT2D eigenvalue weighted by molar-refractivity contribution is 6.18. The zero-order valence-electron chi connectivity index (χ0n) is 20.8. The van der Waals surface area contributed by atoms with E-state index in [0.717, 1.165) is 65.6 Å². The zero-order valence-corrected chi connectivity index (χ0v) is 20.8. The molecule has 1 aromatic heterocycles. The number of fused-ring (bicyclic) bond motifs is 4. The van der Waals surface area contributed by atoms with Crippen LogP contribution in [-0.2, 0) is 19.7 Å². The minimum absolute atomic E-state index is 0.222. The van der Waals surface area contributed by atoms with Gasteiger partial charge in [-0.25, -0.2) is 4.79 Å². The van der Waals surface area contributed by atoms with Gasteiger partial charge < -0.3 is 14.6 Å². The lowest BCUT2D eigenvalue weighted by Crippen LogP contribution is -2.44. The van der Waals surface area contributed by atoms with Gasteiger partial charge in [-0.15, -0.1) is 0 Å². The first-order chi connectivity index (χ1) is 16.2. The second-order valence-corrected chi connectivity index (χ2v) is 12.2. The van der Waals surface area contributed by atoms with E-state index in [9.17, 15) is 9.59 Å².